The van der Waals surface area contributed by atoms with Crippen molar-refractivity contribution in [3.8, 4) is 0 Å². The second kappa shape index (κ2) is 5.40. The van der Waals surface area contributed by atoms with Crippen molar-refractivity contribution in [3.63, 3.8) is 0 Å². The third-order valence-electron chi connectivity index (χ3n) is 5.66. The SMILES string of the molecule is c1cc2c(c(CN3CCC[C@H]4CCCC[C@H]43)c1)NCC2. The lowest BCUT2D eigenvalue weighted by Crippen LogP contribution is -2.46. The maximum Gasteiger partial charge on any atom is 0.0419 e. The Hall–Kier alpha value is -1.02. The van der Waals surface area contributed by atoms with Gasteiger partial charge in [-0.15, -0.1) is 0 Å². The fourth-order valence-corrected chi connectivity index (χ4v) is 4.69. The molecule has 1 aliphatic carbocycles. The molecular weight excluding hydrogens is 244 g/mol. The van der Waals surface area contributed by atoms with Crippen LogP contribution in [0.1, 0.15) is 49.7 Å². The van der Waals surface area contributed by atoms with E-state index >= 15 is 0 Å². The number of nitrogens with zero attached hydrogens (tertiary/aromatic N) is 1. The van der Waals surface area contributed by atoms with Crippen LogP contribution >= 0.6 is 0 Å². The maximum atomic E-state index is 3.60. The van der Waals surface area contributed by atoms with E-state index in [-0.39, 0.29) is 0 Å². The summed E-state index contributed by atoms with van der Waals surface area (Å²) in [5.41, 5.74) is 4.51. The molecule has 3 aliphatic rings. The quantitative estimate of drug-likeness (QED) is 0.879. The molecule has 2 heteroatoms. The summed E-state index contributed by atoms with van der Waals surface area (Å²) >= 11 is 0. The van der Waals surface area contributed by atoms with Gasteiger partial charge in [0, 0.05) is 24.8 Å². The fourth-order valence-electron chi connectivity index (χ4n) is 4.69. The molecule has 1 saturated carbocycles. The van der Waals surface area contributed by atoms with E-state index in [4.69, 9.17) is 0 Å². The molecule has 2 aliphatic heterocycles. The van der Waals surface area contributed by atoms with E-state index in [1.54, 1.807) is 0 Å². The van der Waals surface area contributed by atoms with Crippen molar-refractivity contribution >= 4 is 5.69 Å². The minimum Gasteiger partial charge on any atom is -0.384 e. The van der Waals surface area contributed by atoms with Crippen LogP contribution < -0.4 is 5.32 Å². The van der Waals surface area contributed by atoms with Gasteiger partial charge in [-0.1, -0.05) is 31.0 Å². The first kappa shape index (κ1) is 12.7. The summed E-state index contributed by atoms with van der Waals surface area (Å²) in [6.07, 6.45) is 9.92. The van der Waals surface area contributed by atoms with E-state index in [0.29, 0.717) is 0 Å². The Labute approximate surface area is 122 Å². The minimum atomic E-state index is 0.870. The number of fused-ring (bicyclic) bond motifs is 2. The Morgan fingerprint density at radius 2 is 2.00 bits per heavy atom. The molecule has 1 N–H and O–H groups in total. The molecule has 0 spiro atoms. The summed E-state index contributed by atoms with van der Waals surface area (Å²) in [4.78, 5) is 2.79. The Bertz CT molecular complexity index is 480. The summed E-state index contributed by atoms with van der Waals surface area (Å²) in [5.74, 6) is 0.988. The molecule has 1 saturated heterocycles. The lowest BCUT2D eigenvalue weighted by molar-refractivity contribution is 0.0548. The second-order valence-electron chi connectivity index (χ2n) is 6.85. The van der Waals surface area contributed by atoms with Crippen LogP contribution in [0, 0.1) is 5.92 Å². The van der Waals surface area contributed by atoms with E-state index in [2.05, 4.69) is 28.4 Å². The molecular formula is C18H26N2. The number of anilines is 1. The zero-order chi connectivity index (χ0) is 13.4. The molecule has 1 aromatic rings. The predicted octanol–water partition coefficient (Wildman–Crippen LogP) is 3.81. The lowest BCUT2D eigenvalue weighted by Gasteiger charge is -2.44. The zero-order valence-electron chi connectivity index (χ0n) is 12.4. The second-order valence-corrected chi connectivity index (χ2v) is 6.85. The molecule has 20 heavy (non-hydrogen) atoms. The minimum absolute atomic E-state index is 0.870. The molecule has 4 rings (SSSR count). The summed E-state index contributed by atoms with van der Waals surface area (Å²) in [6, 6.07) is 7.75. The van der Waals surface area contributed by atoms with Crippen molar-refractivity contribution in [2.24, 2.45) is 5.92 Å². The largest absolute Gasteiger partial charge is 0.384 e. The Kier molecular flexibility index (Phi) is 3.43. The van der Waals surface area contributed by atoms with Gasteiger partial charge in [0.1, 0.15) is 0 Å². The van der Waals surface area contributed by atoms with Crippen molar-refractivity contribution in [1.82, 2.24) is 4.90 Å². The number of rotatable bonds is 2. The monoisotopic (exact) mass is 270 g/mol. The normalized spacial score (nSPS) is 29.6. The van der Waals surface area contributed by atoms with E-state index in [9.17, 15) is 0 Å². The molecule has 0 radical (unpaired) electrons. The summed E-state index contributed by atoms with van der Waals surface area (Å²) in [7, 11) is 0. The van der Waals surface area contributed by atoms with Gasteiger partial charge >= 0.3 is 0 Å². The molecule has 0 unspecified atom stereocenters. The molecule has 2 fully saturated rings. The van der Waals surface area contributed by atoms with Gasteiger partial charge < -0.3 is 5.32 Å². The van der Waals surface area contributed by atoms with Crippen molar-refractivity contribution in [1.29, 1.82) is 0 Å². The van der Waals surface area contributed by atoms with E-state index in [1.807, 2.05) is 0 Å². The summed E-state index contributed by atoms with van der Waals surface area (Å²) in [6.45, 7) is 3.60. The highest BCUT2D eigenvalue weighted by molar-refractivity contribution is 5.61. The third-order valence-corrected chi connectivity index (χ3v) is 5.66. The van der Waals surface area contributed by atoms with Crippen LogP contribution in [-0.2, 0) is 13.0 Å². The molecule has 2 atom stereocenters. The number of piperidine rings is 1. The van der Waals surface area contributed by atoms with Crippen LogP contribution in [0.5, 0.6) is 0 Å². The summed E-state index contributed by atoms with van der Waals surface area (Å²) < 4.78 is 0. The standard InChI is InChI=1S/C18H26N2/c1-2-9-17-14(5-1)8-4-12-20(17)13-16-7-3-6-15-10-11-19-18(15)16/h3,6-7,14,17,19H,1-2,4-5,8-13H2/t14-,17-/m1/s1. The summed E-state index contributed by atoms with van der Waals surface area (Å²) in [5, 5.41) is 3.60. The van der Waals surface area contributed by atoms with Crippen LogP contribution in [0.15, 0.2) is 18.2 Å². The Balaban J connectivity index is 1.54. The highest BCUT2D eigenvalue weighted by atomic mass is 15.2. The van der Waals surface area contributed by atoms with Crippen LogP contribution in [0.4, 0.5) is 5.69 Å². The lowest BCUT2D eigenvalue weighted by atomic mass is 9.78. The van der Waals surface area contributed by atoms with Gasteiger partial charge in [-0.2, -0.15) is 0 Å². The first-order chi connectivity index (χ1) is 9.92. The maximum absolute atomic E-state index is 3.60. The van der Waals surface area contributed by atoms with E-state index in [1.165, 1.54) is 68.3 Å². The molecule has 2 nitrogen and oxygen atoms in total. The van der Waals surface area contributed by atoms with Gasteiger partial charge in [0.15, 0.2) is 0 Å². The average Bonchev–Trinajstić information content (AvgIpc) is 2.97. The van der Waals surface area contributed by atoms with Gasteiger partial charge in [0.25, 0.3) is 0 Å². The molecule has 108 valence electrons. The number of likely N-dealkylation sites (tertiary alicyclic amines) is 1. The van der Waals surface area contributed by atoms with Crippen LogP contribution in [-0.4, -0.2) is 24.0 Å². The number of hydrogen-bond acceptors (Lipinski definition) is 2. The van der Waals surface area contributed by atoms with Crippen LogP contribution in [0.3, 0.4) is 0 Å². The van der Waals surface area contributed by atoms with Crippen molar-refractivity contribution < 1.29 is 0 Å². The zero-order valence-corrected chi connectivity index (χ0v) is 12.4. The highest BCUT2D eigenvalue weighted by Crippen LogP contribution is 2.37. The highest BCUT2D eigenvalue weighted by Gasteiger charge is 2.33. The van der Waals surface area contributed by atoms with E-state index < -0.39 is 0 Å². The first-order valence-electron chi connectivity index (χ1n) is 8.50. The number of hydrogen-bond donors (Lipinski definition) is 1. The smallest absolute Gasteiger partial charge is 0.0419 e. The van der Waals surface area contributed by atoms with Crippen molar-refractivity contribution in [2.75, 3.05) is 18.4 Å². The average molecular weight is 270 g/mol. The number of para-hydroxylation sites is 1. The molecule has 0 aromatic heterocycles. The number of benzene rings is 1. The molecule has 2 heterocycles. The first-order valence-corrected chi connectivity index (χ1v) is 8.50. The van der Waals surface area contributed by atoms with E-state index in [0.717, 1.165) is 25.0 Å². The molecule has 0 bridgehead atoms. The number of nitrogens with one attached hydrogen (secondary N) is 1. The third kappa shape index (κ3) is 2.24. The Morgan fingerprint density at radius 1 is 1.10 bits per heavy atom. The molecule has 0 amide bonds. The topological polar surface area (TPSA) is 15.3 Å². The Morgan fingerprint density at radius 3 is 3.00 bits per heavy atom. The fraction of sp³-hybridized carbons (Fsp3) is 0.667. The van der Waals surface area contributed by atoms with Gasteiger partial charge in [0.2, 0.25) is 0 Å². The van der Waals surface area contributed by atoms with Gasteiger partial charge in [-0.05, 0) is 55.7 Å². The van der Waals surface area contributed by atoms with Gasteiger partial charge in [-0.25, -0.2) is 0 Å². The predicted molar refractivity (Wildman–Crippen MR) is 84.0 cm³/mol. The van der Waals surface area contributed by atoms with Gasteiger partial charge in [-0.3, -0.25) is 4.90 Å². The van der Waals surface area contributed by atoms with Crippen LogP contribution in [0.25, 0.3) is 0 Å². The molecule has 1 aromatic carbocycles. The van der Waals surface area contributed by atoms with Crippen LogP contribution in [0.2, 0.25) is 0 Å². The van der Waals surface area contributed by atoms with Crippen molar-refractivity contribution in [2.45, 2.75) is 57.5 Å². The van der Waals surface area contributed by atoms with Gasteiger partial charge in [0.05, 0.1) is 0 Å². The van der Waals surface area contributed by atoms with Crippen molar-refractivity contribution in [3.05, 3.63) is 29.3 Å².